The SMILES string of the molecule is CC(NS(=O)(=O)CC1CC1)c1ncn[nH]1. The third kappa shape index (κ3) is 3.00. The maximum Gasteiger partial charge on any atom is 0.212 e. The van der Waals surface area contributed by atoms with Crippen LogP contribution in [0.2, 0.25) is 0 Å². The van der Waals surface area contributed by atoms with Crippen LogP contribution in [0.3, 0.4) is 0 Å². The Hall–Kier alpha value is -0.950. The van der Waals surface area contributed by atoms with Gasteiger partial charge in [-0.1, -0.05) is 0 Å². The molecule has 0 bridgehead atoms. The average molecular weight is 230 g/mol. The van der Waals surface area contributed by atoms with Gasteiger partial charge in [-0.15, -0.1) is 0 Å². The zero-order valence-electron chi connectivity index (χ0n) is 8.47. The lowest BCUT2D eigenvalue weighted by molar-refractivity contribution is 0.557. The van der Waals surface area contributed by atoms with Gasteiger partial charge in [-0.05, 0) is 25.7 Å². The minimum atomic E-state index is -3.18. The maximum absolute atomic E-state index is 11.6. The van der Waals surface area contributed by atoms with E-state index in [-0.39, 0.29) is 11.8 Å². The van der Waals surface area contributed by atoms with Crippen LogP contribution in [0.25, 0.3) is 0 Å². The van der Waals surface area contributed by atoms with Crippen LogP contribution >= 0.6 is 0 Å². The third-order valence-electron chi connectivity index (χ3n) is 2.35. The molecule has 84 valence electrons. The highest BCUT2D eigenvalue weighted by Gasteiger charge is 2.29. The van der Waals surface area contributed by atoms with Crippen LogP contribution in [0.15, 0.2) is 6.33 Å². The summed E-state index contributed by atoms with van der Waals surface area (Å²) in [6, 6.07) is -0.351. The van der Waals surface area contributed by atoms with Gasteiger partial charge in [-0.3, -0.25) is 5.10 Å². The fraction of sp³-hybridized carbons (Fsp3) is 0.750. The first-order valence-electron chi connectivity index (χ1n) is 4.92. The van der Waals surface area contributed by atoms with Crippen molar-refractivity contribution < 1.29 is 8.42 Å². The molecule has 0 saturated heterocycles. The van der Waals surface area contributed by atoms with Gasteiger partial charge < -0.3 is 0 Å². The molecule has 1 aliphatic rings. The summed E-state index contributed by atoms with van der Waals surface area (Å²) in [5.74, 6) is 1.12. The summed E-state index contributed by atoms with van der Waals surface area (Å²) in [7, 11) is -3.18. The van der Waals surface area contributed by atoms with E-state index < -0.39 is 10.0 Å². The van der Waals surface area contributed by atoms with E-state index in [0.29, 0.717) is 11.7 Å². The highest BCUT2D eigenvalue weighted by Crippen LogP contribution is 2.30. The largest absolute Gasteiger partial charge is 0.262 e. The van der Waals surface area contributed by atoms with Crippen LogP contribution < -0.4 is 4.72 Å². The predicted molar refractivity (Wildman–Crippen MR) is 54.4 cm³/mol. The molecule has 1 fully saturated rings. The molecule has 0 aliphatic heterocycles. The van der Waals surface area contributed by atoms with E-state index in [1.54, 1.807) is 6.92 Å². The van der Waals surface area contributed by atoms with Gasteiger partial charge in [-0.25, -0.2) is 18.1 Å². The molecule has 0 aromatic carbocycles. The molecule has 1 aromatic rings. The number of nitrogens with one attached hydrogen (secondary N) is 2. The van der Waals surface area contributed by atoms with Gasteiger partial charge in [-0.2, -0.15) is 5.10 Å². The van der Waals surface area contributed by atoms with E-state index in [9.17, 15) is 8.42 Å². The number of nitrogens with zero attached hydrogens (tertiary/aromatic N) is 2. The number of rotatable bonds is 5. The molecule has 15 heavy (non-hydrogen) atoms. The summed E-state index contributed by atoms with van der Waals surface area (Å²) in [4.78, 5) is 3.90. The van der Waals surface area contributed by atoms with Crippen molar-refractivity contribution in [1.82, 2.24) is 19.9 Å². The molecule has 1 aliphatic carbocycles. The molecule has 0 radical (unpaired) electrons. The van der Waals surface area contributed by atoms with Gasteiger partial charge in [0.15, 0.2) is 0 Å². The summed E-state index contributed by atoms with van der Waals surface area (Å²) in [5.41, 5.74) is 0. The molecular weight excluding hydrogens is 216 g/mol. The molecule has 1 saturated carbocycles. The number of sulfonamides is 1. The number of H-pyrrole nitrogens is 1. The van der Waals surface area contributed by atoms with Crippen molar-refractivity contribution in [2.45, 2.75) is 25.8 Å². The van der Waals surface area contributed by atoms with Gasteiger partial charge in [0.25, 0.3) is 0 Å². The summed E-state index contributed by atoms with van der Waals surface area (Å²) < 4.78 is 25.8. The summed E-state index contributed by atoms with van der Waals surface area (Å²) >= 11 is 0. The van der Waals surface area contributed by atoms with Crippen molar-refractivity contribution in [2.75, 3.05) is 5.75 Å². The summed E-state index contributed by atoms with van der Waals surface area (Å²) in [6.07, 6.45) is 3.41. The van der Waals surface area contributed by atoms with Gasteiger partial charge in [0.2, 0.25) is 10.0 Å². The smallest absolute Gasteiger partial charge is 0.212 e. The molecule has 6 nitrogen and oxygen atoms in total. The van der Waals surface area contributed by atoms with Crippen LogP contribution in [0, 0.1) is 5.92 Å². The van der Waals surface area contributed by atoms with Crippen molar-refractivity contribution in [3.05, 3.63) is 12.2 Å². The Morgan fingerprint density at radius 3 is 2.93 bits per heavy atom. The number of aromatic amines is 1. The van der Waals surface area contributed by atoms with Crippen molar-refractivity contribution in [2.24, 2.45) is 5.92 Å². The van der Waals surface area contributed by atoms with Crippen molar-refractivity contribution >= 4 is 10.0 Å². The predicted octanol–water partition coefficient (Wildman–Crippen LogP) is 0.195. The Morgan fingerprint density at radius 1 is 1.67 bits per heavy atom. The zero-order chi connectivity index (χ0) is 10.9. The number of hydrogen-bond acceptors (Lipinski definition) is 4. The van der Waals surface area contributed by atoms with E-state index in [1.165, 1.54) is 6.33 Å². The molecule has 1 atom stereocenters. The molecule has 0 amide bonds. The second-order valence-corrected chi connectivity index (χ2v) is 5.73. The zero-order valence-corrected chi connectivity index (χ0v) is 9.29. The van der Waals surface area contributed by atoms with Crippen LogP contribution in [0.4, 0.5) is 0 Å². The Bertz CT molecular complexity index is 410. The maximum atomic E-state index is 11.6. The lowest BCUT2D eigenvalue weighted by atomic mass is 10.3. The van der Waals surface area contributed by atoms with E-state index in [2.05, 4.69) is 19.9 Å². The fourth-order valence-electron chi connectivity index (χ4n) is 1.39. The lowest BCUT2D eigenvalue weighted by Crippen LogP contribution is -2.30. The normalized spacial score (nSPS) is 19.0. The van der Waals surface area contributed by atoms with E-state index >= 15 is 0 Å². The standard InChI is InChI=1S/C8H14N4O2S/c1-6(8-9-5-10-11-8)12-15(13,14)4-7-2-3-7/h5-7,12H,2-4H2,1H3,(H,9,10,11). The topological polar surface area (TPSA) is 87.7 Å². The molecule has 1 heterocycles. The Kier molecular flexibility index (Phi) is 2.74. The number of hydrogen-bond donors (Lipinski definition) is 2. The second kappa shape index (κ2) is 3.90. The third-order valence-corrected chi connectivity index (χ3v) is 3.98. The molecule has 2 N–H and O–H groups in total. The van der Waals surface area contributed by atoms with Gasteiger partial charge in [0.1, 0.15) is 12.2 Å². The summed E-state index contributed by atoms with van der Waals surface area (Å²) in [6.45, 7) is 1.74. The van der Waals surface area contributed by atoms with Crippen molar-refractivity contribution in [1.29, 1.82) is 0 Å². The quantitative estimate of drug-likeness (QED) is 0.756. The van der Waals surface area contributed by atoms with E-state index in [4.69, 9.17) is 0 Å². The monoisotopic (exact) mass is 230 g/mol. The Balaban J connectivity index is 1.95. The second-order valence-electron chi connectivity index (χ2n) is 3.94. The molecular formula is C8H14N4O2S. The minimum absolute atomic E-state index is 0.228. The van der Waals surface area contributed by atoms with Gasteiger partial charge in [0.05, 0.1) is 11.8 Å². The Morgan fingerprint density at radius 2 is 2.40 bits per heavy atom. The molecule has 2 rings (SSSR count). The first-order chi connectivity index (χ1) is 7.07. The number of aromatic nitrogens is 3. The summed E-state index contributed by atoms with van der Waals surface area (Å²) in [5, 5.41) is 6.32. The van der Waals surface area contributed by atoms with Crippen LogP contribution in [0.1, 0.15) is 31.6 Å². The van der Waals surface area contributed by atoms with E-state index in [0.717, 1.165) is 12.8 Å². The highest BCUT2D eigenvalue weighted by atomic mass is 32.2. The van der Waals surface area contributed by atoms with Gasteiger partial charge >= 0.3 is 0 Å². The molecule has 1 unspecified atom stereocenters. The van der Waals surface area contributed by atoms with E-state index in [1.807, 2.05) is 0 Å². The fourth-order valence-corrected chi connectivity index (χ4v) is 3.09. The Labute approximate surface area is 88.5 Å². The molecule has 0 spiro atoms. The van der Waals surface area contributed by atoms with Crippen molar-refractivity contribution in [3.8, 4) is 0 Å². The van der Waals surface area contributed by atoms with Crippen LogP contribution in [-0.4, -0.2) is 29.4 Å². The first-order valence-corrected chi connectivity index (χ1v) is 6.57. The molecule has 7 heteroatoms. The highest BCUT2D eigenvalue weighted by molar-refractivity contribution is 7.89. The van der Waals surface area contributed by atoms with Gasteiger partial charge in [0, 0.05) is 0 Å². The van der Waals surface area contributed by atoms with Crippen LogP contribution in [0.5, 0.6) is 0 Å². The average Bonchev–Trinajstić information content (AvgIpc) is 2.78. The first kappa shape index (κ1) is 10.6. The van der Waals surface area contributed by atoms with Crippen LogP contribution in [-0.2, 0) is 10.0 Å². The lowest BCUT2D eigenvalue weighted by Gasteiger charge is -2.10. The molecule has 1 aromatic heterocycles. The van der Waals surface area contributed by atoms with Crippen molar-refractivity contribution in [3.63, 3.8) is 0 Å². The minimum Gasteiger partial charge on any atom is -0.262 e.